The van der Waals surface area contributed by atoms with E-state index in [-0.39, 0.29) is 30.7 Å². The third-order valence-electron chi connectivity index (χ3n) is 4.06. The molecule has 0 spiro atoms. The minimum absolute atomic E-state index is 0.0532. The van der Waals surface area contributed by atoms with Gasteiger partial charge in [-0.1, -0.05) is 43.6 Å². The first-order valence-electron chi connectivity index (χ1n) is 8.12. The maximum absolute atomic E-state index is 14.2. The first-order chi connectivity index (χ1) is 12.0. The van der Waals surface area contributed by atoms with Crippen LogP contribution in [-0.2, 0) is 17.9 Å². The highest BCUT2D eigenvalue weighted by Crippen LogP contribution is 2.24. The summed E-state index contributed by atoms with van der Waals surface area (Å²) >= 11 is 6.18. The maximum Gasteiger partial charge on any atom is 0.222 e. The van der Waals surface area contributed by atoms with Gasteiger partial charge in [-0.25, -0.2) is 9.37 Å². The number of hydrogen-bond acceptors (Lipinski definition) is 2. The Labute approximate surface area is 150 Å². The van der Waals surface area contributed by atoms with Gasteiger partial charge in [-0.3, -0.25) is 4.79 Å². The van der Waals surface area contributed by atoms with Crippen molar-refractivity contribution in [1.82, 2.24) is 14.9 Å². The first kappa shape index (κ1) is 17.4. The number of fused-ring (bicyclic) bond motifs is 1. The fourth-order valence-electron chi connectivity index (χ4n) is 2.65. The third-order valence-corrected chi connectivity index (χ3v) is 4.41. The highest BCUT2D eigenvalue weighted by Gasteiger charge is 2.16. The number of rotatable bonds is 5. The van der Waals surface area contributed by atoms with E-state index in [2.05, 4.69) is 10.3 Å². The van der Waals surface area contributed by atoms with Gasteiger partial charge in [0.2, 0.25) is 5.91 Å². The number of hydrogen-bond donors (Lipinski definition) is 1. The molecular weight excluding hydrogens is 341 g/mol. The Morgan fingerprint density at radius 3 is 2.72 bits per heavy atom. The summed E-state index contributed by atoms with van der Waals surface area (Å²) in [5.41, 5.74) is 2.07. The van der Waals surface area contributed by atoms with Crippen LogP contribution in [-0.4, -0.2) is 15.5 Å². The van der Waals surface area contributed by atoms with Crippen LogP contribution in [0.3, 0.4) is 0 Å². The fourth-order valence-corrected chi connectivity index (χ4v) is 2.87. The molecule has 0 saturated heterocycles. The SMILES string of the molecule is CC(C)C(=O)NCc1nc2ccccc2n1Cc1c(F)cccc1Cl. The topological polar surface area (TPSA) is 46.9 Å². The predicted molar refractivity (Wildman–Crippen MR) is 96.9 cm³/mol. The lowest BCUT2D eigenvalue weighted by molar-refractivity contribution is -0.124. The summed E-state index contributed by atoms with van der Waals surface area (Å²) in [6.07, 6.45) is 0. The Kier molecular flexibility index (Phi) is 5.04. The van der Waals surface area contributed by atoms with Crippen LogP contribution in [0.2, 0.25) is 5.02 Å². The van der Waals surface area contributed by atoms with Gasteiger partial charge >= 0.3 is 0 Å². The number of carbonyl (C=O) groups is 1. The Balaban J connectivity index is 2.00. The Morgan fingerprint density at radius 1 is 1.24 bits per heavy atom. The van der Waals surface area contributed by atoms with E-state index in [9.17, 15) is 9.18 Å². The van der Waals surface area contributed by atoms with E-state index in [4.69, 9.17) is 11.6 Å². The number of nitrogens with one attached hydrogen (secondary N) is 1. The summed E-state index contributed by atoms with van der Waals surface area (Å²) in [5.74, 6) is 0.137. The van der Waals surface area contributed by atoms with Crippen molar-refractivity contribution < 1.29 is 9.18 Å². The van der Waals surface area contributed by atoms with Gasteiger partial charge < -0.3 is 9.88 Å². The van der Waals surface area contributed by atoms with Crippen LogP contribution in [0.1, 0.15) is 25.2 Å². The summed E-state index contributed by atoms with van der Waals surface area (Å²) in [4.78, 5) is 16.5. The number of benzene rings is 2. The van der Waals surface area contributed by atoms with E-state index in [1.54, 1.807) is 12.1 Å². The summed E-state index contributed by atoms with van der Waals surface area (Å²) in [5, 5.41) is 3.24. The second kappa shape index (κ2) is 7.23. The molecule has 0 aliphatic rings. The summed E-state index contributed by atoms with van der Waals surface area (Å²) < 4.78 is 16.1. The number of imidazole rings is 1. The van der Waals surface area contributed by atoms with Gasteiger partial charge in [0.05, 0.1) is 24.1 Å². The van der Waals surface area contributed by atoms with E-state index in [0.29, 0.717) is 16.4 Å². The maximum atomic E-state index is 14.2. The standard InChI is InChI=1S/C19H19ClFN3O/c1-12(2)19(25)22-10-18-23-16-8-3-4-9-17(16)24(18)11-13-14(20)6-5-7-15(13)21/h3-9,12H,10-11H2,1-2H3,(H,22,25). The van der Waals surface area contributed by atoms with Crippen molar-refractivity contribution in [2.24, 2.45) is 5.92 Å². The van der Waals surface area contributed by atoms with Gasteiger partial charge in [0.1, 0.15) is 11.6 Å². The van der Waals surface area contributed by atoms with Crippen LogP contribution in [0.5, 0.6) is 0 Å². The van der Waals surface area contributed by atoms with Gasteiger partial charge in [0.15, 0.2) is 0 Å². The number of carbonyl (C=O) groups excluding carboxylic acids is 1. The summed E-state index contributed by atoms with van der Waals surface area (Å²) in [6.45, 7) is 4.19. The second-order valence-electron chi connectivity index (χ2n) is 6.18. The molecule has 3 aromatic rings. The Morgan fingerprint density at radius 2 is 2.00 bits per heavy atom. The normalized spacial score (nSPS) is 11.2. The van der Waals surface area contributed by atoms with Crippen LogP contribution in [0, 0.1) is 11.7 Å². The highest BCUT2D eigenvalue weighted by atomic mass is 35.5. The molecule has 1 N–H and O–H groups in total. The second-order valence-corrected chi connectivity index (χ2v) is 6.58. The van der Waals surface area contributed by atoms with E-state index in [0.717, 1.165) is 11.0 Å². The average molecular weight is 360 g/mol. The lowest BCUT2D eigenvalue weighted by Crippen LogP contribution is -2.28. The number of aromatic nitrogens is 2. The lowest BCUT2D eigenvalue weighted by Gasteiger charge is -2.13. The zero-order valence-electron chi connectivity index (χ0n) is 14.1. The van der Waals surface area contributed by atoms with E-state index >= 15 is 0 Å². The molecule has 0 radical (unpaired) electrons. The Bertz CT molecular complexity index is 900. The molecule has 6 heteroatoms. The van der Waals surface area contributed by atoms with Crippen molar-refractivity contribution in [1.29, 1.82) is 0 Å². The van der Waals surface area contributed by atoms with Gasteiger partial charge in [-0.2, -0.15) is 0 Å². The zero-order chi connectivity index (χ0) is 18.0. The zero-order valence-corrected chi connectivity index (χ0v) is 14.8. The molecule has 0 aliphatic carbocycles. The molecule has 0 unspecified atom stereocenters. The predicted octanol–water partition coefficient (Wildman–Crippen LogP) is 4.15. The van der Waals surface area contributed by atoms with Crippen LogP contribution in [0.25, 0.3) is 11.0 Å². The van der Waals surface area contributed by atoms with E-state index < -0.39 is 0 Å². The van der Waals surface area contributed by atoms with Gasteiger partial charge in [-0.05, 0) is 24.3 Å². The van der Waals surface area contributed by atoms with Crippen LogP contribution >= 0.6 is 11.6 Å². The molecule has 0 atom stereocenters. The molecule has 25 heavy (non-hydrogen) atoms. The monoisotopic (exact) mass is 359 g/mol. The van der Waals surface area contributed by atoms with E-state index in [1.165, 1.54) is 6.07 Å². The molecule has 130 valence electrons. The summed E-state index contributed by atoms with van der Waals surface area (Å²) in [7, 11) is 0. The molecule has 0 saturated carbocycles. The number of nitrogens with zero attached hydrogens (tertiary/aromatic N) is 2. The quantitative estimate of drug-likeness (QED) is 0.743. The van der Waals surface area contributed by atoms with Gasteiger partial charge in [-0.15, -0.1) is 0 Å². The molecule has 1 amide bonds. The smallest absolute Gasteiger partial charge is 0.222 e. The van der Waals surface area contributed by atoms with Crippen LogP contribution in [0.15, 0.2) is 42.5 Å². The molecule has 0 fully saturated rings. The molecule has 0 bridgehead atoms. The fraction of sp³-hybridized carbons (Fsp3) is 0.263. The molecule has 2 aromatic carbocycles. The van der Waals surface area contributed by atoms with Crippen molar-refractivity contribution in [2.75, 3.05) is 0 Å². The first-order valence-corrected chi connectivity index (χ1v) is 8.50. The van der Waals surface area contributed by atoms with Crippen molar-refractivity contribution in [3.8, 4) is 0 Å². The molecule has 3 rings (SSSR count). The van der Waals surface area contributed by atoms with Crippen molar-refractivity contribution in [3.05, 3.63) is 64.7 Å². The number of amides is 1. The van der Waals surface area contributed by atoms with Gasteiger partial charge in [0.25, 0.3) is 0 Å². The molecule has 1 heterocycles. The van der Waals surface area contributed by atoms with Crippen molar-refractivity contribution in [2.45, 2.75) is 26.9 Å². The molecule has 0 aliphatic heterocycles. The summed E-state index contributed by atoms with van der Waals surface area (Å²) in [6, 6.07) is 12.2. The van der Waals surface area contributed by atoms with Crippen molar-refractivity contribution >= 4 is 28.5 Å². The average Bonchev–Trinajstić information content (AvgIpc) is 2.93. The number of para-hydroxylation sites is 2. The Hall–Kier alpha value is -2.40. The molecule has 1 aromatic heterocycles. The molecule has 4 nitrogen and oxygen atoms in total. The van der Waals surface area contributed by atoms with E-state index in [1.807, 2.05) is 42.7 Å². The minimum Gasteiger partial charge on any atom is -0.349 e. The largest absolute Gasteiger partial charge is 0.349 e. The lowest BCUT2D eigenvalue weighted by atomic mass is 10.2. The third kappa shape index (κ3) is 3.66. The van der Waals surface area contributed by atoms with Crippen LogP contribution < -0.4 is 5.32 Å². The molecular formula is C19H19ClFN3O. The number of halogens is 2. The van der Waals surface area contributed by atoms with Gasteiger partial charge in [0, 0.05) is 16.5 Å². The van der Waals surface area contributed by atoms with Crippen LogP contribution in [0.4, 0.5) is 4.39 Å². The highest BCUT2D eigenvalue weighted by molar-refractivity contribution is 6.31. The minimum atomic E-state index is -0.359. The van der Waals surface area contributed by atoms with Crippen molar-refractivity contribution in [3.63, 3.8) is 0 Å².